The number of allylic oxidation sites excluding steroid dienone is 2. The highest BCUT2D eigenvalue weighted by atomic mass is 16.3. The summed E-state index contributed by atoms with van der Waals surface area (Å²) in [5, 5.41) is 8.76. The monoisotopic (exact) mass is 139 g/mol. The second-order valence-corrected chi connectivity index (χ2v) is 2.16. The SMILES string of the molecule is C=C/C(=C\C(=C)O)N(C)C. The van der Waals surface area contributed by atoms with Crippen LogP contribution in [0.5, 0.6) is 0 Å². The van der Waals surface area contributed by atoms with E-state index in [4.69, 9.17) is 5.11 Å². The summed E-state index contributed by atoms with van der Waals surface area (Å²) in [4.78, 5) is 1.84. The topological polar surface area (TPSA) is 23.5 Å². The van der Waals surface area contributed by atoms with E-state index in [0.717, 1.165) is 5.70 Å². The third-order valence-corrected chi connectivity index (χ3v) is 1.04. The lowest BCUT2D eigenvalue weighted by atomic mass is 10.3. The minimum Gasteiger partial charge on any atom is -0.509 e. The number of hydrogen-bond acceptors (Lipinski definition) is 2. The third kappa shape index (κ3) is 2.97. The number of likely N-dealkylation sites (N-methyl/N-ethyl adjacent to an activating group) is 1. The summed E-state index contributed by atoms with van der Waals surface area (Å²) in [6.07, 6.45) is 3.20. The third-order valence-electron chi connectivity index (χ3n) is 1.04. The van der Waals surface area contributed by atoms with Crippen LogP contribution in [0, 0.1) is 0 Å². The van der Waals surface area contributed by atoms with Gasteiger partial charge in [-0.15, -0.1) is 0 Å². The molecule has 0 rings (SSSR count). The van der Waals surface area contributed by atoms with Crippen molar-refractivity contribution >= 4 is 0 Å². The molecular weight excluding hydrogens is 126 g/mol. The predicted molar refractivity (Wildman–Crippen MR) is 43.7 cm³/mol. The van der Waals surface area contributed by atoms with Gasteiger partial charge in [0.15, 0.2) is 0 Å². The molecule has 0 unspecified atom stereocenters. The Morgan fingerprint density at radius 3 is 2.10 bits per heavy atom. The Morgan fingerprint density at radius 2 is 2.00 bits per heavy atom. The lowest BCUT2D eigenvalue weighted by Gasteiger charge is -2.12. The molecule has 0 saturated heterocycles. The largest absolute Gasteiger partial charge is 0.509 e. The molecule has 0 bridgehead atoms. The van der Waals surface area contributed by atoms with Gasteiger partial charge in [-0.05, 0) is 6.08 Å². The zero-order valence-corrected chi connectivity index (χ0v) is 6.46. The van der Waals surface area contributed by atoms with Crippen molar-refractivity contribution in [2.24, 2.45) is 0 Å². The van der Waals surface area contributed by atoms with Crippen LogP contribution in [0.3, 0.4) is 0 Å². The Hall–Kier alpha value is -1.18. The fraction of sp³-hybridized carbons (Fsp3) is 0.250. The van der Waals surface area contributed by atoms with Gasteiger partial charge in [-0.3, -0.25) is 0 Å². The number of rotatable bonds is 3. The van der Waals surface area contributed by atoms with Crippen LogP contribution in [0.25, 0.3) is 0 Å². The van der Waals surface area contributed by atoms with Crippen molar-refractivity contribution in [1.29, 1.82) is 0 Å². The van der Waals surface area contributed by atoms with Crippen molar-refractivity contribution in [1.82, 2.24) is 4.90 Å². The first-order valence-electron chi connectivity index (χ1n) is 2.97. The van der Waals surface area contributed by atoms with Gasteiger partial charge >= 0.3 is 0 Å². The van der Waals surface area contributed by atoms with Crippen molar-refractivity contribution in [3.63, 3.8) is 0 Å². The highest BCUT2D eigenvalue weighted by Gasteiger charge is 1.92. The smallest absolute Gasteiger partial charge is 0.110 e. The minimum absolute atomic E-state index is 0.0450. The standard InChI is InChI=1S/C8H13NO/c1-5-8(9(3)4)6-7(2)10/h5-6,10H,1-2H2,3-4H3/b8-6+. The predicted octanol–water partition coefficient (Wildman–Crippen LogP) is 1.69. The maximum atomic E-state index is 8.76. The quantitative estimate of drug-likeness (QED) is 0.475. The molecule has 0 radical (unpaired) electrons. The average molecular weight is 139 g/mol. The molecule has 0 aliphatic rings. The van der Waals surface area contributed by atoms with E-state index in [1.807, 2.05) is 19.0 Å². The second-order valence-electron chi connectivity index (χ2n) is 2.16. The molecule has 0 heterocycles. The molecule has 0 saturated carbocycles. The Kier molecular flexibility index (Phi) is 3.33. The Bertz CT molecular complexity index is 168. The first-order valence-corrected chi connectivity index (χ1v) is 2.97. The van der Waals surface area contributed by atoms with E-state index in [2.05, 4.69) is 13.2 Å². The Balaban J connectivity index is 4.33. The summed E-state index contributed by atoms with van der Waals surface area (Å²) in [5.41, 5.74) is 0.840. The highest BCUT2D eigenvalue weighted by molar-refractivity contribution is 5.21. The Morgan fingerprint density at radius 1 is 1.50 bits per heavy atom. The summed E-state index contributed by atoms with van der Waals surface area (Å²) in [6, 6.07) is 0. The summed E-state index contributed by atoms with van der Waals surface area (Å²) >= 11 is 0. The fourth-order valence-corrected chi connectivity index (χ4v) is 0.541. The fourth-order valence-electron chi connectivity index (χ4n) is 0.541. The molecule has 0 aromatic heterocycles. The number of aliphatic hydroxyl groups excluding tert-OH is 1. The van der Waals surface area contributed by atoms with E-state index >= 15 is 0 Å². The van der Waals surface area contributed by atoms with Gasteiger partial charge in [0.1, 0.15) is 5.76 Å². The summed E-state index contributed by atoms with van der Waals surface area (Å²) < 4.78 is 0. The van der Waals surface area contributed by atoms with Crippen LogP contribution in [0.4, 0.5) is 0 Å². The molecule has 0 aromatic rings. The molecule has 2 nitrogen and oxygen atoms in total. The molecule has 0 aliphatic heterocycles. The second kappa shape index (κ2) is 3.77. The van der Waals surface area contributed by atoms with E-state index in [1.54, 1.807) is 12.2 Å². The molecule has 2 heteroatoms. The minimum atomic E-state index is 0.0450. The van der Waals surface area contributed by atoms with Crippen molar-refractivity contribution in [3.05, 3.63) is 36.8 Å². The molecule has 0 aromatic carbocycles. The zero-order chi connectivity index (χ0) is 8.15. The van der Waals surface area contributed by atoms with E-state index in [-0.39, 0.29) is 5.76 Å². The van der Waals surface area contributed by atoms with E-state index in [0.29, 0.717) is 0 Å². The van der Waals surface area contributed by atoms with Gasteiger partial charge in [0.25, 0.3) is 0 Å². The van der Waals surface area contributed by atoms with Crippen LogP contribution in [0.15, 0.2) is 36.8 Å². The average Bonchev–Trinajstić information content (AvgIpc) is 1.81. The first kappa shape index (κ1) is 8.82. The lowest BCUT2D eigenvalue weighted by molar-refractivity contribution is 0.429. The maximum Gasteiger partial charge on any atom is 0.110 e. The van der Waals surface area contributed by atoms with Gasteiger partial charge in [0, 0.05) is 25.9 Å². The van der Waals surface area contributed by atoms with Gasteiger partial charge in [-0.1, -0.05) is 13.2 Å². The van der Waals surface area contributed by atoms with E-state index in [9.17, 15) is 0 Å². The van der Waals surface area contributed by atoms with E-state index < -0.39 is 0 Å². The number of nitrogens with zero attached hydrogens (tertiary/aromatic N) is 1. The molecule has 0 spiro atoms. The molecule has 0 atom stereocenters. The molecule has 0 aliphatic carbocycles. The van der Waals surface area contributed by atoms with Crippen LogP contribution in [-0.2, 0) is 0 Å². The van der Waals surface area contributed by atoms with Crippen LogP contribution >= 0.6 is 0 Å². The van der Waals surface area contributed by atoms with Gasteiger partial charge in [0.05, 0.1) is 0 Å². The lowest BCUT2D eigenvalue weighted by Crippen LogP contribution is -2.08. The molecule has 1 N–H and O–H groups in total. The summed E-state index contributed by atoms with van der Waals surface area (Å²) in [6.45, 7) is 6.90. The number of hydrogen-bond donors (Lipinski definition) is 1. The zero-order valence-electron chi connectivity index (χ0n) is 6.46. The van der Waals surface area contributed by atoms with Crippen molar-refractivity contribution < 1.29 is 5.11 Å². The van der Waals surface area contributed by atoms with Crippen molar-refractivity contribution in [2.75, 3.05) is 14.1 Å². The maximum absolute atomic E-state index is 8.76. The van der Waals surface area contributed by atoms with Crippen LogP contribution < -0.4 is 0 Å². The molecule has 0 fully saturated rings. The molecule has 56 valence electrons. The number of aliphatic hydroxyl groups is 1. The van der Waals surface area contributed by atoms with Crippen molar-refractivity contribution in [3.8, 4) is 0 Å². The van der Waals surface area contributed by atoms with E-state index in [1.165, 1.54) is 0 Å². The van der Waals surface area contributed by atoms with Gasteiger partial charge in [0.2, 0.25) is 0 Å². The molecule has 10 heavy (non-hydrogen) atoms. The van der Waals surface area contributed by atoms with Gasteiger partial charge in [-0.25, -0.2) is 0 Å². The van der Waals surface area contributed by atoms with Crippen LogP contribution in [0.2, 0.25) is 0 Å². The van der Waals surface area contributed by atoms with Crippen LogP contribution in [-0.4, -0.2) is 24.1 Å². The molecular formula is C8H13NO. The van der Waals surface area contributed by atoms with Gasteiger partial charge < -0.3 is 10.0 Å². The summed E-state index contributed by atoms with van der Waals surface area (Å²) in [5.74, 6) is 0.0450. The summed E-state index contributed by atoms with van der Waals surface area (Å²) in [7, 11) is 3.74. The Labute approximate surface area is 61.8 Å². The molecule has 0 amide bonds. The first-order chi connectivity index (χ1) is 4.57. The highest BCUT2D eigenvalue weighted by Crippen LogP contribution is 2.01. The van der Waals surface area contributed by atoms with Crippen molar-refractivity contribution in [2.45, 2.75) is 0 Å². The normalized spacial score (nSPS) is 10.8. The van der Waals surface area contributed by atoms with Gasteiger partial charge in [-0.2, -0.15) is 0 Å². The van der Waals surface area contributed by atoms with Crippen LogP contribution in [0.1, 0.15) is 0 Å².